The smallest absolute Gasteiger partial charge is 0.319 e. The van der Waals surface area contributed by atoms with Crippen LogP contribution in [0.3, 0.4) is 0 Å². The number of aliphatic carboxylic acids is 1. The first kappa shape index (κ1) is 14.8. The number of hydrogen-bond acceptors (Lipinski definition) is 3. The van der Waals surface area contributed by atoms with Gasteiger partial charge in [0.2, 0.25) is 0 Å². The van der Waals surface area contributed by atoms with Crippen LogP contribution in [0.25, 0.3) is 0 Å². The Labute approximate surface area is 120 Å². The Hall–Kier alpha value is -2.62. The van der Waals surface area contributed by atoms with Crippen molar-refractivity contribution in [2.75, 3.05) is 5.32 Å². The molecule has 1 fully saturated rings. The van der Waals surface area contributed by atoms with E-state index in [1.54, 1.807) is 6.07 Å². The lowest BCUT2D eigenvalue weighted by molar-refractivity contribution is -0.139. The summed E-state index contributed by atoms with van der Waals surface area (Å²) < 4.78 is 13.4. The lowest BCUT2D eigenvalue weighted by atomic mass is 9.74. The summed E-state index contributed by atoms with van der Waals surface area (Å²) in [6.07, 6.45) is 1.85. The maximum Gasteiger partial charge on any atom is 0.319 e. The fourth-order valence-electron chi connectivity index (χ4n) is 2.38. The number of amides is 2. The number of hydrogen-bond donors (Lipinski definition) is 3. The summed E-state index contributed by atoms with van der Waals surface area (Å²) >= 11 is 0. The minimum Gasteiger partial charge on any atom is -0.481 e. The largest absolute Gasteiger partial charge is 0.481 e. The van der Waals surface area contributed by atoms with Gasteiger partial charge in [0.05, 0.1) is 17.6 Å². The zero-order chi connectivity index (χ0) is 15.5. The Morgan fingerprint density at radius 2 is 2.14 bits per heavy atom. The summed E-state index contributed by atoms with van der Waals surface area (Å²) in [5.74, 6) is -1.71. The Morgan fingerprint density at radius 3 is 2.67 bits per heavy atom. The van der Waals surface area contributed by atoms with Gasteiger partial charge in [-0.05, 0) is 31.4 Å². The lowest BCUT2D eigenvalue weighted by Crippen LogP contribution is -2.55. The predicted octanol–water partition coefficient (Wildman–Crippen LogP) is 2.22. The van der Waals surface area contributed by atoms with E-state index in [0.29, 0.717) is 12.8 Å². The predicted molar refractivity (Wildman–Crippen MR) is 72.1 cm³/mol. The molecular weight excluding hydrogens is 277 g/mol. The fraction of sp³-hybridized carbons (Fsp3) is 0.357. The molecule has 0 radical (unpaired) electrons. The lowest BCUT2D eigenvalue weighted by Gasteiger charge is -2.41. The van der Waals surface area contributed by atoms with E-state index in [9.17, 15) is 14.0 Å². The van der Waals surface area contributed by atoms with Crippen LogP contribution < -0.4 is 10.6 Å². The van der Waals surface area contributed by atoms with Crippen molar-refractivity contribution in [3.8, 4) is 6.07 Å². The number of carboxylic acid groups (broad SMARTS) is 1. The van der Waals surface area contributed by atoms with Crippen LogP contribution in [0.15, 0.2) is 18.2 Å². The standard InChI is InChI=1S/C14H14FN3O3/c15-10-3-1-4-11(9(10)8-16)17-13(21)18-14(5-2-6-14)7-12(19)20/h1,3-4H,2,5-7H2,(H,19,20)(H2,17,18,21). The van der Waals surface area contributed by atoms with E-state index >= 15 is 0 Å². The molecule has 1 aliphatic rings. The summed E-state index contributed by atoms with van der Waals surface area (Å²) in [5.41, 5.74) is -0.955. The molecule has 2 rings (SSSR count). The average Bonchev–Trinajstić information content (AvgIpc) is 2.35. The van der Waals surface area contributed by atoms with Crippen LogP contribution in [0.2, 0.25) is 0 Å². The number of benzene rings is 1. The van der Waals surface area contributed by atoms with Crippen molar-refractivity contribution in [1.82, 2.24) is 5.32 Å². The quantitative estimate of drug-likeness (QED) is 0.791. The van der Waals surface area contributed by atoms with Crippen LogP contribution in [0, 0.1) is 17.1 Å². The van der Waals surface area contributed by atoms with Gasteiger partial charge < -0.3 is 15.7 Å². The number of carbonyl (C=O) groups is 2. The van der Waals surface area contributed by atoms with Crippen molar-refractivity contribution in [2.45, 2.75) is 31.2 Å². The number of rotatable bonds is 4. The van der Waals surface area contributed by atoms with Crippen molar-refractivity contribution in [2.24, 2.45) is 0 Å². The number of nitrogens with one attached hydrogen (secondary N) is 2. The number of urea groups is 1. The number of carbonyl (C=O) groups excluding carboxylic acids is 1. The van der Waals surface area contributed by atoms with Gasteiger partial charge >= 0.3 is 12.0 Å². The first-order valence-corrected chi connectivity index (χ1v) is 6.45. The van der Waals surface area contributed by atoms with Crippen LogP contribution in [0.1, 0.15) is 31.2 Å². The molecule has 1 aliphatic carbocycles. The first-order valence-electron chi connectivity index (χ1n) is 6.45. The second-order valence-corrected chi connectivity index (χ2v) is 5.06. The van der Waals surface area contributed by atoms with Crippen molar-refractivity contribution >= 4 is 17.7 Å². The van der Waals surface area contributed by atoms with E-state index in [2.05, 4.69) is 10.6 Å². The molecule has 1 aromatic carbocycles. The highest BCUT2D eigenvalue weighted by molar-refractivity contribution is 5.91. The van der Waals surface area contributed by atoms with Gasteiger partial charge in [-0.15, -0.1) is 0 Å². The molecule has 0 aromatic heterocycles. The van der Waals surface area contributed by atoms with Gasteiger partial charge in [-0.1, -0.05) is 6.07 Å². The highest BCUT2D eigenvalue weighted by atomic mass is 19.1. The van der Waals surface area contributed by atoms with Gasteiger partial charge in [-0.25, -0.2) is 9.18 Å². The Balaban J connectivity index is 2.07. The number of anilines is 1. The second kappa shape index (κ2) is 5.79. The third-order valence-corrected chi connectivity index (χ3v) is 3.55. The molecule has 1 saturated carbocycles. The molecule has 0 spiro atoms. The fourth-order valence-corrected chi connectivity index (χ4v) is 2.38. The summed E-state index contributed by atoms with van der Waals surface area (Å²) in [6.45, 7) is 0. The molecule has 0 bridgehead atoms. The summed E-state index contributed by atoms with van der Waals surface area (Å²) in [6, 6.07) is 4.95. The van der Waals surface area contributed by atoms with E-state index in [1.165, 1.54) is 12.1 Å². The van der Waals surface area contributed by atoms with Crippen molar-refractivity contribution < 1.29 is 19.1 Å². The average molecular weight is 291 g/mol. The van der Waals surface area contributed by atoms with E-state index in [0.717, 1.165) is 12.5 Å². The number of nitrogens with zero attached hydrogens (tertiary/aromatic N) is 1. The SMILES string of the molecule is N#Cc1c(F)cccc1NC(=O)NC1(CC(=O)O)CCC1. The molecule has 2 amide bonds. The Bertz CT molecular complexity index is 620. The second-order valence-electron chi connectivity index (χ2n) is 5.06. The molecule has 6 nitrogen and oxygen atoms in total. The molecule has 0 atom stereocenters. The molecule has 7 heteroatoms. The molecular formula is C14H14FN3O3. The highest BCUT2D eigenvalue weighted by Crippen LogP contribution is 2.35. The van der Waals surface area contributed by atoms with Crippen LogP contribution >= 0.6 is 0 Å². The zero-order valence-corrected chi connectivity index (χ0v) is 11.1. The number of carboxylic acids is 1. The summed E-state index contributed by atoms with van der Waals surface area (Å²) in [4.78, 5) is 22.8. The molecule has 0 heterocycles. The van der Waals surface area contributed by atoms with E-state index < -0.39 is 23.4 Å². The number of nitriles is 1. The van der Waals surface area contributed by atoms with Crippen LogP contribution in [-0.4, -0.2) is 22.6 Å². The van der Waals surface area contributed by atoms with Gasteiger partial charge in [0.1, 0.15) is 17.4 Å². The summed E-state index contributed by atoms with van der Waals surface area (Å²) in [5, 5.41) is 22.8. The van der Waals surface area contributed by atoms with Crippen molar-refractivity contribution in [1.29, 1.82) is 5.26 Å². The number of halogens is 1. The van der Waals surface area contributed by atoms with E-state index in [4.69, 9.17) is 10.4 Å². The van der Waals surface area contributed by atoms with Crippen LogP contribution in [-0.2, 0) is 4.79 Å². The van der Waals surface area contributed by atoms with Crippen LogP contribution in [0.5, 0.6) is 0 Å². The topological polar surface area (TPSA) is 102 Å². The molecule has 110 valence electrons. The van der Waals surface area contributed by atoms with E-state index in [1.807, 2.05) is 0 Å². The van der Waals surface area contributed by atoms with E-state index in [-0.39, 0.29) is 17.7 Å². The van der Waals surface area contributed by atoms with Gasteiger partial charge in [0, 0.05) is 0 Å². The molecule has 21 heavy (non-hydrogen) atoms. The van der Waals surface area contributed by atoms with Gasteiger partial charge in [0.15, 0.2) is 0 Å². The van der Waals surface area contributed by atoms with Gasteiger partial charge in [-0.2, -0.15) is 5.26 Å². The monoisotopic (exact) mass is 291 g/mol. The molecule has 3 N–H and O–H groups in total. The normalized spacial score (nSPS) is 15.4. The third kappa shape index (κ3) is 3.28. The molecule has 0 saturated heterocycles. The van der Waals surface area contributed by atoms with Gasteiger partial charge in [0.25, 0.3) is 0 Å². The molecule has 0 aliphatic heterocycles. The van der Waals surface area contributed by atoms with Crippen LogP contribution in [0.4, 0.5) is 14.9 Å². The minimum atomic E-state index is -0.988. The first-order chi connectivity index (χ1) is 9.96. The Kier molecular flexibility index (Phi) is 4.08. The highest BCUT2D eigenvalue weighted by Gasteiger charge is 2.40. The summed E-state index contributed by atoms with van der Waals surface area (Å²) in [7, 11) is 0. The zero-order valence-electron chi connectivity index (χ0n) is 11.1. The minimum absolute atomic E-state index is 0.0554. The maximum absolute atomic E-state index is 13.4. The van der Waals surface area contributed by atoms with Crippen molar-refractivity contribution in [3.05, 3.63) is 29.6 Å². The maximum atomic E-state index is 13.4. The van der Waals surface area contributed by atoms with Gasteiger partial charge in [-0.3, -0.25) is 4.79 Å². The Morgan fingerprint density at radius 1 is 1.43 bits per heavy atom. The third-order valence-electron chi connectivity index (χ3n) is 3.55. The molecule has 1 aromatic rings. The van der Waals surface area contributed by atoms with Crippen molar-refractivity contribution in [3.63, 3.8) is 0 Å². The molecule has 0 unspecified atom stereocenters.